The summed E-state index contributed by atoms with van der Waals surface area (Å²) in [7, 11) is 1.56. The highest BCUT2D eigenvalue weighted by Crippen LogP contribution is 2.37. The Morgan fingerprint density at radius 1 is 1.48 bits per heavy atom. The lowest BCUT2D eigenvalue weighted by Gasteiger charge is -2.16. The molecule has 126 valence electrons. The molecule has 1 unspecified atom stereocenters. The SMILES string of the molecule is COc1cc(/C=C/C(=O)N2CCC(N)C2)cc(Cl)c1OC(C)C. The Balaban J connectivity index is 2.15. The first kappa shape index (κ1) is 17.6. The summed E-state index contributed by atoms with van der Waals surface area (Å²) in [4.78, 5) is 13.9. The highest BCUT2D eigenvalue weighted by molar-refractivity contribution is 6.32. The smallest absolute Gasteiger partial charge is 0.246 e. The molecule has 0 radical (unpaired) electrons. The maximum atomic E-state index is 12.1. The number of likely N-dealkylation sites (tertiary alicyclic amines) is 1. The summed E-state index contributed by atoms with van der Waals surface area (Å²) in [5.74, 6) is 1.01. The summed E-state index contributed by atoms with van der Waals surface area (Å²) in [6.07, 6.45) is 4.09. The molecule has 1 aliphatic heterocycles. The summed E-state index contributed by atoms with van der Waals surface area (Å²) in [6, 6.07) is 3.62. The van der Waals surface area contributed by atoms with E-state index in [1.165, 1.54) is 6.08 Å². The number of rotatable bonds is 5. The largest absolute Gasteiger partial charge is 0.493 e. The number of hydrogen-bond acceptors (Lipinski definition) is 4. The van der Waals surface area contributed by atoms with Crippen molar-refractivity contribution in [2.45, 2.75) is 32.4 Å². The van der Waals surface area contributed by atoms with E-state index in [1.807, 2.05) is 13.8 Å². The Morgan fingerprint density at radius 2 is 2.22 bits per heavy atom. The van der Waals surface area contributed by atoms with Gasteiger partial charge < -0.3 is 20.1 Å². The normalized spacial score (nSPS) is 18.0. The maximum absolute atomic E-state index is 12.1. The maximum Gasteiger partial charge on any atom is 0.246 e. The molecule has 0 saturated carbocycles. The zero-order valence-corrected chi connectivity index (χ0v) is 14.5. The molecular weight excluding hydrogens is 316 g/mol. The van der Waals surface area contributed by atoms with Crippen LogP contribution in [0.15, 0.2) is 18.2 Å². The lowest BCUT2D eigenvalue weighted by molar-refractivity contribution is -0.124. The lowest BCUT2D eigenvalue weighted by atomic mass is 10.1. The summed E-state index contributed by atoms with van der Waals surface area (Å²) in [6.45, 7) is 5.15. The van der Waals surface area contributed by atoms with E-state index in [0.717, 1.165) is 12.0 Å². The van der Waals surface area contributed by atoms with Gasteiger partial charge in [0.1, 0.15) is 0 Å². The van der Waals surface area contributed by atoms with Crippen LogP contribution in [-0.4, -0.2) is 43.2 Å². The fraction of sp³-hybridized carbons (Fsp3) is 0.471. The average Bonchev–Trinajstić information content (AvgIpc) is 2.93. The predicted octanol–water partition coefficient (Wildman–Crippen LogP) is 2.71. The molecule has 23 heavy (non-hydrogen) atoms. The molecule has 1 atom stereocenters. The number of carbonyl (C=O) groups excluding carboxylic acids is 1. The van der Waals surface area contributed by atoms with E-state index in [0.29, 0.717) is 29.6 Å². The van der Waals surface area contributed by atoms with Gasteiger partial charge in [-0.25, -0.2) is 0 Å². The zero-order chi connectivity index (χ0) is 17.0. The predicted molar refractivity (Wildman–Crippen MR) is 92.0 cm³/mol. The van der Waals surface area contributed by atoms with Gasteiger partial charge in [0.05, 0.1) is 18.2 Å². The molecule has 0 spiro atoms. The molecule has 2 rings (SSSR count). The molecule has 2 N–H and O–H groups in total. The molecule has 1 heterocycles. The molecule has 0 aromatic heterocycles. The molecule has 1 amide bonds. The van der Waals surface area contributed by atoms with Gasteiger partial charge in [0.15, 0.2) is 11.5 Å². The van der Waals surface area contributed by atoms with Crippen LogP contribution >= 0.6 is 11.6 Å². The highest BCUT2D eigenvalue weighted by atomic mass is 35.5. The Hall–Kier alpha value is -1.72. The minimum Gasteiger partial charge on any atom is -0.493 e. The number of ether oxygens (including phenoxy) is 2. The van der Waals surface area contributed by atoms with Crippen LogP contribution in [0.1, 0.15) is 25.8 Å². The number of benzene rings is 1. The fourth-order valence-corrected chi connectivity index (χ4v) is 2.71. The third kappa shape index (κ3) is 4.62. The Morgan fingerprint density at radius 3 is 2.78 bits per heavy atom. The number of carbonyl (C=O) groups is 1. The highest BCUT2D eigenvalue weighted by Gasteiger charge is 2.21. The van der Waals surface area contributed by atoms with Gasteiger partial charge in [0.25, 0.3) is 0 Å². The first-order valence-electron chi connectivity index (χ1n) is 7.67. The van der Waals surface area contributed by atoms with Crippen LogP contribution in [0.5, 0.6) is 11.5 Å². The zero-order valence-electron chi connectivity index (χ0n) is 13.7. The van der Waals surface area contributed by atoms with Crippen molar-refractivity contribution in [3.63, 3.8) is 0 Å². The second-order valence-electron chi connectivity index (χ2n) is 5.87. The second-order valence-corrected chi connectivity index (χ2v) is 6.27. The number of nitrogens with two attached hydrogens (primary N) is 1. The van der Waals surface area contributed by atoms with Gasteiger partial charge in [-0.15, -0.1) is 0 Å². The number of methoxy groups -OCH3 is 1. The van der Waals surface area contributed by atoms with E-state index in [-0.39, 0.29) is 18.1 Å². The summed E-state index contributed by atoms with van der Waals surface area (Å²) < 4.78 is 11.0. The van der Waals surface area contributed by atoms with Crippen molar-refractivity contribution in [2.24, 2.45) is 5.73 Å². The van der Waals surface area contributed by atoms with E-state index < -0.39 is 0 Å². The third-order valence-corrected chi connectivity index (χ3v) is 3.84. The van der Waals surface area contributed by atoms with Crippen LogP contribution in [0.4, 0.5) is 0 Å². The Kier molecular flexibility index (Phi) is 5.91. The molecule has 6 heteroatoms. The molecule has 5 nitrogen and oxygen atoms in total. The Labute approximate surface area is 142 Å². The standard InChI is InChI=1S/C17H23ClN2O3/c1-11(2)23-17-14(18)8-12(9-15(17)22-3)4-5-16(21)20-7-6-13(19)10-20/h4-5,8-9,11,13H,6-7,10,19H2,1-3H3/b5-4+. The van der Waals surface area contributed by atoms with Gasteiger partial charge in [-0.3, -0.25) is 4.79 Å². The molecule has 1 aliphatic rings. The molecule has 1 fully saturated rings. The van der Waals surface area contributed by atoms with E-state index in [2.05, 4.69) is 0 Å². The Bertz CT molecular complexity index is 602. The van der Waals surface area contributed by atoms with E-state index in [4.69, 9.17) is 26.8 Å². The van der Waals surface area contributed by atoms with Crippen molar-refractivity contribution in [3.8, 4) is 11.5 Å². The minimum atomic E-state index is -0.0458. The summed E-state index contributed by atoms with van der Waals surface area (Å²) in [5, 5.41) is 0.452. The first-order valence-corrected chi connectivity index (χ1v) is 8.05. The van der Waals surface area contributed by atoms with Gasteiger partial charge >= 0.3 is 0 Å². The first-order chi connectivity index (χ1) is 10.9. The van der Waals surface area contributed by atoms with Crippen molar-refractivity contribution in [1.82, 2.24) is 4.90 Å². The summed E-state index contributed by atoms with van der Waals surface area (Å²) >= 11 is 6.27. The minimum absolute atomic E-state index is 0.0104. The van der Waals surface area contributed by atoms with Gasteiger partial charge in [-0.05, 0) is 44.0 Å². The summed E-state index contributed by atoms with van der Waals surface area (Å²) in [5.41, 5.74) is 6.60. The van der Waals surface area contributed by atoms with Crippen molar-refractivity contribution in [2.75, 3.05) is 20.2 Å². The molecular formula is C17H23ClN2O3. The van der Waals surface area contributed by atoms with Crippen LogP contribution < -0.4 is 15.2 Å². The van der Waals surface area contributed by atoms with E-state index >= 15 is 0 Å². The topological polar surface area (TPSA) is 64.8 Å². The van der Waals surface area contributed by atoms with Gasteiger partial charge in [0.2, 0.25) is 5.91 Å². The fourth-order valence-electron chi connectivity index (χ4n) is 2.45. The molecule has 0 bridgehead atoms. The van der Waals surface area contributed by atoms with E-state index in [1.54, 1.807) is 30.2 Å². The van der Waals surface area contributed by atoms with Crippen LogP contribution in [-0.2, 0) is 4.79 Å². The van der Waals surface area contributed by atoms with Crippen LogP contribution in [0.25, 0.3) is 6.08 Å². The number of halogens is 1. The number of hydrogen-bond donors (Lipinski definition) is 1. The van der Waals surface area contributed by atoms with Gasteiger partial charge in [-0.2, -0.15) is 0 Å². The second kappa shape index (κ2) is 7.70. The van der Waals surface area contributed by atoms with Crippen molar-refractivity contribution >= 4 is 23.6 Å². The molecule has 1 aromatic carbocycles. The van der Waals surface area contributed by atoms with Crippen molar-refractivity contribution in [3.05, 3.63) is 28.8 Å². The molecule has 1 aromatic rings. The van der Waals surface area contributed by atoms with Crippen molar-refractivity contribution in [1.29, 1.82) is 0 Å². The van der Waals surface area contributed by atoms with Crippen LogP contribution in [0.2, 0.25) is 5.02 Å². The van der Waals surface area contributed by atoms with Gasteiger partial charge in [0, 0.05) is 25.2 Å². The van der Waals surface area contributed by atoms with E-state index in [9.17, 15) is 4.79 Å². The molecule has 0 aliphatic carbocycles. The monoisotopic (exact) mass is 338 g/mol. The molecule has 1 saturated heterocycles. The lowest BCUT2D eigenvalue weighted by Crippen LogP contribution is -2.30. The van der Waals surface area contributed by atoms with Crippen LogP contribution in [0.3, 0.4) is 0 Å². The number of nitrogens with zero attached hydrogens (tertiary/aromatic N) is 1. The van der Waals surface area contributed by atoms with Gasteiger partial charge in [-0.1, -0.05) is 11.6 Å². The quantitative estimate of drug-likeness (QED) is 0.838. The van der Waals surface area contributed by atoms with Crippen LogP contribution in [0, 0.1) is 0 Å². The van der Waals surface area contributed by atoms with Crippen molar-refractivity contribution < 1.29 is 14.3 Å². The number of amides is 1. The third-order valence-electron chi connectivity index (χ3n) is 3.56. The average molecular weight is 339 g/mol.